The highest BCUT2D eigenvalue weighted by Crippen LogP contribution is 2.31. The molecular weight excluding hydrogens is 245 g/mol. The van der Waals surface area contributed by atoms with Gasteiger partial charge in [0.2, 0.25) is 0 Å². The van der Waals surface area contributed by atoms with Crippen LogP contribution < -0.4 is 5.32 Å². The number of nitrogens with one attached hydrogen (secondary N) is 1. The molecule has 104 valence electrons. The van der Waals surface area contributed by atoms with Gasteiger partial charge < -0.3 is 10.2 Å². The van der Waals surface area contributed by atoms with Crippen molar-refractivity contribution in [3.05, 3.63) is 0 Å². The van der Waals surface area contributed by atoms with Crippen molar-refractivity contribution in [2.24, 2.45) is 11.8 Å². The van der Waals surface area contributed by atoms with Gasteiger partial charge in [-0.05, 0) is 50.6 Å². The Morgan fingerprint density at radius 3 is 2.39 bits per heavy atom. The quantitative estimate of drug-likeness (QED) is 0.783. The van der Waals surface area contributed by atoms with Crippen molar-refractivity contribution < 1.29 is 18.0 Å². The Morgan fingerprint density at radius 2 is 1.78 bits per heavy atom. The minimum atomic E-state index is -4.73. The van der Waals surface area contributed by atoms with Gasteiger partial charge in [0.15, 0.2) is 0 Å². The first-order valence-corrected chi connectivity index (χ1v) is 6.55. The van der Waals surface area contributed by atoms with E-state index in [0.717, 1.165) is 37.3 Å². The second kappa shape index (κ2) is 5.47. The largest absolute Gasteiger partial charge is 0.471 e. The number of alkyl halides is 3. The van der Waals surface area contributed by atoms with Crippen LogP contribution in [0, 0.1) is 11.8 Å². The summed E-state index contributed by atoms with van der Waals surface area (Å²) in [5, 5.41) is 3.25. The fraction of sp³-hybridized carbons (Fsp3) is 0.917. The summed E-state index contributed by atoms with van der Waals surface area (Å²) in [5.74, 6) is -0.955. The first-order chi connectivity index (χ1) is 8.48. The van der Waals surface area contributed by atoms with Crippen molar-refractivity contribution in [3.63, 3.8) is 0 Å². The molecule has 0 aromatic carbocycles. The van der Waals surface area contributed by atoms with E-state index in [1.54, 1.807) is 0 Å². The van der Waals surface area contributed by atoms with Gasteiger partial charge in [-0.15, -0.1) is 0 Å². The summed E-state index contributed by atoms with van der Waals surface area (Å²) in [4.78, 5) is 12.2. The summed E-state index contributed by atoms with van der Waals surface area (Å²) < 4.78 is 37.2. The molecule has 0 aliphatic carbocycles. The first kappa shape index (κ1) is 13.6. The number of carbonyl (C=O) groups is 1. The van der Waals surface area contributed by atoms with E-state index in [9.17, 15) is 18.0 Å². The Kier molecular flexibility index (Phi) is 4.14. The molecule has 2 heterocycles. The number of nitrogens with zero attached hydrogens (tertiary/aromatic N) is 1. The smallest absolute Gasteiger partial charge is 0.335 e. The third-order valence-corrected chi connectivity index (χ3v) is 4.04. The van der Waals surface area contributed by atoms with Crippen LogP contribution in [0.1, 0.15) is 25.7 Å². The van der Waals surface area contributed by atoms with Gasteiger partial charge in [-0.3, -0.25) is 4.79 Å². The minimum Gasteiger partial charge on any atom is -0.335 e. The number of likely N-dealkylation sites (tertiary alicyclic amines) is 1. The summed E-state index contributed by atoms with van der Waals surface area (Å²) in [7, 11) is 0. The molecule has 0 spiro atoms. The predicted molar refractivity (Wildman–Crippen MR) is 61.0 cm³/mol. The highest BCUT2D eigenvalue weighted by atomic mass is 19.4. The summed E-state index contributed by atoms with van der Waals surface area (Å²) >= 11 is 0. The SMILES string of the molecule is O=C(N1CCCC(C2CCNCC2)C1)C(F)(F)F. The van der Waals surface area contributed by atoms with Crippen LogP contribution in [-0.2, 0) is 4.79 Å². The molecule has 0 radical (unpaired) electrons. The van der Waals surface area contributed by atoms with Gasteiger partial charge in [-0.1, -0.05) is 0 Å². The van der Waals surface area contributed by atoms with E-state index in [1.165, 1.54) is 0 Å². The zero-order valence-electron chi connectivity index (χ0n) is 10.3. The predicted octanol–water partition coefficient (Wildman–Crippen LogP) is 1.79. The Bertz CT molecular complexity index is 300. The summed E-state index contributed by atoms with van der Waals surface area (Å²) in [5.41, 5.74) is 0. The molecule has 0 aromatic heterocycles. The number of hydrogen-bond acceptors (Lipinski definition) is 2. The Morgan fingerprint density at radius 1 is 1.11 bits per heavy atom. The molecule has 3 nitrogen and oxygen atoms in total. The zero-order valence-corrected chi connectivity index (χ0v) is 10.3. The number of halogens is 3. The number of rotatable bonds is 1. The van der Waals surface area contributed by atoms with E-state index >= 15 is 0 Å². The van der Waals surface area contributed by atoms with Gasteiger partial charge in [0.25, 0.3) is 0 Å². The Hall–Kier alpha value is -0.780. The normalized spacial score (nSPS) is 27.3. The van der Waals surface area contributed by atoms with Crippen molar-refractivity contribution >= 4 is 5.91 Å². The molecule has 1 unspecified atom stereocenters. The van der Waals surface area contributed by atoms with E-state index in [1.807, 2.05) is 0 Å². The van der Waals surface area contributed by atoms with E-state index in [0.29, 0.717) is 12.3 Å². The zero-order chi connectivity index (χ0) is 13.2. The second-order valence-electron chi connectivity index (χ2n) is 5.24. The highest BCUT2D eigenvalue weighted by Gasteiger charge is 2.44. The fourth-order valence-corrected chi connectivity index (χ4v) is 3.07. The van der Waals surface area contributed by atoms with Crippen molar-refractivity contribution in [2.45, 2.75) is 31.9 Å². The van der Waals surface area contributed by atoms with Crippen LogP contribution in [0.15, 0.2) is 0 Å². The summed E-state index contributed by atoms with van der Waals surface area (Å²) in [6, 6.07) is 0. The number of carbonyl (C=O) groups excluding carboxylic acids is 1. The molecule has 2 saturated heterocycles. The maximum Gasteiger partial charge on any atom is 0.471 e. The van der Waals surface area contributed by atoms with Crippen LogP contribution in [0.2, 0.25) is 0 Å². The summed E-state index contributed by atoms with van der Waals surface area (Å²) in [6.45, 7) is 2.41. The fourth-order valence-electron chi connectivity index (χ4n) is 3.07. The van der Waals surface area contributed by atoms with Crippen molar-refractivity contribution in [1.82, 2.24) is 10.2 Å². The van der Waals surface area contributed by atoms with E-state index in [4.69, 9.17) is 0 Å². The average Bonchev–Trinajstić information content (AvgIpc) is 2.38. The van der Waals surface area contributed by atoms with E-state index in [-0.39, 0.29) is 19.0 Å². The maximum absolute atomic E-state index is 12.4. The lowest BCUT2D eigenvalue weighted by atomic mass is 9.80. The molecule has 2 rings (SSSR count). The van der Waals surface area contributed by atoms with Crippen molar-refractivity contribution in [3.8, 4) is 0 Å². The monoisotopic (exact) mass is 264 g/mol. The first-order valence-electron chi connectivity index (χ1n) is 6.55. The van der Waals surface area contributed by atoms with Gasteiger partial charge >= 0.3 is 12.1 Å². The van der Waals surface area contributed by atoms with Crippen LogP contribution in [0.3, 0.4) is 0 Å². The van der Waals surface area contributed by atoms with Crippen LogP contribution >= 0.6 is 0 Å². The van der Waals surface area contributed by atoms with Gasteiger partial charge in [0.05, 0.1) is 0 Å². The Balaban J connectivity index is 1.93. The molecular formula is C12H19F3N2O. The number of piperidine rings is 2. The molecule has 1 atom stereocenters. The molecule has 2 aliphatic rings. The van der Waals surface area contributed by atoms with Gasteiger partial charge in [0, 0.05) is 13.1 Å². The van der Waals surface area contributed by atoms with Crippen molar-refractivity contribution in [2.75, 3.05) is 26.2 Å². The average molecular weight is 264 g/mol. The molecule has 6 heteroatoms. The lowest BCUT2D eigenvalue weighted by Gasteiger charge is -2.38. The van der Waals surface area contributed by atoms with E-state index in [2.05, 4.69) is 5.32 Å². The molecule has 1 N–H and O–H groups in total. The molecule has 0 bridgehead atoms. The lowest BCUT2D eigenvalue weighted by molar-refractivity contribution is -0.187. The second-order valence-corrected chi connectivity index (χ2v) is 5.24. The van der Waals surface area contributed by atoms with Crippen LogP contribution in [0.5, 0.6) is 0 Å². The molecule has 18 heavy (non-hydrogen) atoms. The Labute approximate surface area is 105 Å². The van der Waals surface area contributed by atoms with Gasteiger partial charge in [-0.25, -0.2) is 0 Å². The lowest BCUT2D eigenvalue weighted by Crippen LogP contribution is -2.48. The van der Waals surface area contributed by atoms with Crippen molar-refractivity contribution in [1.29, 1.82) is 0 Å². The van der Waals surface area contributed by atoms with Gasteiger partial charge in [0.1, 0.15) is 0 Å². The van der Waals surface area contributed by atoms with Crippen LogP contribution in [0.25, 0.3) is 0 Å². The van der Waals surface area contributed by atoms with Gasteiger partial charge in [-0.2, -0.15) is 13.2 Å². The maximum atomic E-state index is 12.4. The van der Waals surface area contributed by atoms with Crippen LogP contribution in [0.4, 0.5) is 13.2 Å². The highest BCUT2D eigenvalue weighted by molar-refractivity contribution is 5.81. The summed E-state index contributed by atoms with van der Waals surface area (Å²) in [6.07, 6.45) is -1.06. The molecule has 0 aromatic rings. The molecule has 2 aliphatic heterocycles. The molecule has 0 saturated carbocycles. The molecule has 1 amide bonds. The molecule has 2 fully saturated rings. The number of amides is 1. The van der Waals surface area contributed by atoms with Crippen LogP contribution in [-0.4, -0.2) is 43.2 Å². The third-order valence-electron chi connectivity index (χ3n) is 4.04. The third kappa shape index (κ3) is 3.16. The topological polar surface area (TPSA) is 32.3 Å². The standard InChI is InChI=1S/C12H19F3N2O/c13-12(14,15)11(18)17-7-1-2-10(8-17)9-3-5-16-6-4-9/h9-10,16H,1-8H2. The minimum absolute atomic E-state index is 0.243. The number of hydrogen-bond donors (Lipinski definition) is 1. The van der Waals surface area contributed by atoms with E-state index < -0.39 is 12.1 Å².